The fourth-order valence-corrected chi connectivity index (χ4v) is 5.62. The van der Waals surface area contributed by atoms with Gasteiger partial charge in [-0.2, -0.15) is 0 Å². The van der Waals surface area contributed by atoms with Crippen LogP contribution in [0.25, 0.3) is 0 Å². The molecule has 1 N–H and O–H groups in total. The van der Waals surface area contributed by atoms with Gasteiger partial charge in [0.2, 0.25) is 11.0 Å². The van der Waals surface area contributed by atoms with Gasteiger partial charge >= 0.3 is 0 Å². The maximum Gasteiger partial charge on any atom is 0.236 e. The molecule has 7 nitrogen and oxygen atoms in total. The van der Waals surface area contributed by atoms with Crippen LogP contribution in [0.15, 0.2) is 29.4 Å². The molecule has 0 radical (unpaired) electrons. The molecule has 0 bridgehead atoms. The Labute approximate surface area is 195 Å². The smallest absolute Gasteiger partial charge is 0.236 e. The third-order valence-electron chi connectivity index (χ3n) is 5.36. The van der Waals surface area contributed by atoms with Gasteiger partial charge in [0, 0.05) is 23.9 Å². The largest absolute Gasteiger partial charge is 0.306 e. The van der Waals surface area contributed by atoms with E-state index in [-0.39, 0.29) is 11.7 Å². The van der Waals surface area contributed by atoms with Gasteiger partial charge in [-0.25, -0.2) is 0 Å². The van der Waals surface area contributed by atoms with E-state index in [0.29, 0.717) is 22.5 Å². The van der Waals surface area contributed by atoms with E-state index in [4.69, 9.17) is 11.6 Å². The van der Waals surface area contributed by atoms with Crippen LogP contribution in [0.3, 0.4) is 0 Å². The number of hydrogen-bond acceptors (Lipinski definition) is 7. The zero-order valence-corrected chi connectivity index (χ0v) is 19.8. The topological polar surface area (TPSA) is 85.6 Å². The summed E-state index contributed by atoms with van der Waals surface area (Å²) in [5, 5.41) is 23.0. The molecule has 4 rings (SSSR count). The highest BCUT2D eigenvalue weighted by Crippen LogP contribution is 2.35. The molecule has 0 spiro atoms. The Hall–Kier alpha value is -1.97. The van der Waals surface area contributed by atoms with Crippen molar-refractivity contribution in [3.63, 3.8) is 0 Å². The fourth-order valence-electron chi connectivity index (χ4n) is 3.74. The molecule has 0 aliphatic heterocycles. The summed E-state index contributed by atoms with van der Waals surface area (Å²) in [5.74, 6) is 1.50. The molecule has 3 aromatic rings. The lowest BCUT2D eigenvalue weighted by Crippen LogP contribution is -2.14. The molecular weight excluding hydrogens is 452 g/mol. The summed E-state index contributed by atoms with van der Waals surface area (Å²) in [6, 6.07) is 7.72. The van der Waals surface area contributed by atoms with Crippen molar-refractivity contribution in [2.75, 3.05) is 11.1 Å². The summed E-state index contributed by atoms with van der Waals surface area (Å²) in [6.45, 7) is 2.79. The minimum atomic E-state index is -0.110. The number of benzene rings is 1. The molecule has 0 atom stereocenters. The predicted octanol–water partition coefficient (Wildman–Crippen LogP) is 5.17. The van der Waals surface area contributed by atoms with Crippen molar-refractivity contribution in [1.29, 1.82) is 0 Å². The van der Waals surface area contributed by atoms with E-state index in [0.717, 1.165) is 28.1 Å². The number of carbonyl (C=O) groups excluding carboxylic acids is 1. The number of nitrogens with zero attached hydrogens (tertiary/aromatic N) is 5. The second-order valence-electron chi connectivity index (χ2n) is 7.56. The van der Waals surface area contributed by atoms with Crippen molar-refractivity contribution in [3.8, 4) is 0 Å². The molecule has 31 heavy (non-hydrogen) atoms. The zero-order chi connectivity index (χ0) is 21.6. The quantitative estimate of drug-likeness (QED) is 0.451. The van der Waals surface area contributed by atoms with Crippen LogP contribution in [0.4, 0.5) is 5.13 Å². The molecule has 164 valence electrons. The summed E-state index contributed by atoms with van der Waals surface area (Å²) in [4.78, 5) is 12.4. The van der Waals surface area contributed by atoms with Gasteiger partial charge in [0.1, 0.15) is 10.8 Å². The van der Waals surface area contributed by atoms with Crippen molar-refractivity contribution in [1.82, 2.24) is 25.0 Å². The number of amides is 1. The SMILES string of the molecule is CCn1c(Cc2ccc(Cl)cc2)nnc1SCC(=O)Nc1nnc(C2CCCCC2)s1. The van der Waals surface area contributed by atoms with Crippen LogP contribution >= 0.6 is 34.7 Å². The molecule has 1 aromatic carbocycles. The van der Waals surface area contributed by atoms with Gasteiger partial charge < -0.3 is 4.57 Å². The van der Waals surface area contributed by atoms with Crippen LogP contribution in [0.5, 0.6) is 0 Å². The lowest BCUT2D eigenvalue weighted by Gasteiger charge is -2.18. The fraction of sp³-hybridized carbons (Fsp3) is 0.476. The normalized spacial score (nSPS) is 14.6. The zero-order valence-electron chi connectivity index (χ0n) is 17.4. The Morgan fingerprint density at radius 1 is 1.16 bits per heavy atom. The van der Waals surface area contributed by atoms with E-state index in [9.17, 15) is 4.79 Å². The van der Waals surface area contributed by atoms with Crippen molar-refractivity contribution in [2.45, 2.75) is 63.1 Å². The van der Waals surface area contributed by atoms with E-state index in [1.807, 2.05) is 35.8 Å². The lowest BCUT2D eigenvalue weighted by molar-refractivity contribution is -0.113. The summed E-state index contributed by atoms with van der Waals surface area (Å²) < 4.78 is 2.04. The first-order chi connectivity index (χ1) is 15.1. The molecule has 1 fully saturated rings. The highest BCUT2D eigenvalue weighted by atomic mass is 35.5. The van der Waals surface area contributed by atoms with Gasteiger partial charge in [-0.05, 0) is 37.5 Å². The molecule has 10 heteroatoms. The van der Waals surface area contributed by atoms with Crippen molar-refractivity contribution in [2.24, 2.45) is 0 Å². The van der Waals surface area contributed by atoms with E-state index >= 15 is 0 Å². The lowest BCUT2D eigenvalue weighted by atomic mass is 9.90. The summed E-state index contributed by atoms with van der Waals surface area (Å²) in [7, 11) is 0. The van der Waals surface area contributed by atoms with Gasteiger partial charge in [0.15, 0.2) is 5.16 Å². The second kappa shape index (κ2) is 10.6. The number of thioether (sulfide) groups is 1. The van der Waals surface area contributed by atoms with E-state index in [1.54, 1.807) is 0 Å². The second-order valence-corrected chi connectivity index (χ2v) is 9.95. The Morgan fingerprint density at radius 2 is 1.94 bits per heavy atom. The van der Waals surface area contributed by atoms with Crippen LogP contribution in [0, 0.1) is 0 Å². The third kappa shape index (κ3) is 5.84. The molecule has 0 saturated heterocycles. The van der Waals surface area contributed by atoms with Gasteiger partial charge in [0.05, 0.1) is 5.75 Å². The molecule has 1 aliphatic rings. The number of nitrogens with one attached hydrogen (secondary N) is 1. The summed E-state index contributed by atoms with van der Waals surface area (Å²) >= 11 is 8.84. The van der Waals surface area contributed by atoms with Gasteiger partial charge in [-0.15, -0.1) is 20.4 Å². The van der Waals surface area contributed by atoms with E-state index in [2.05, 4.69) is 25.7 Å². The van der Waals surface area contributed by atoms with Crippen LogP contribution < -0.4 is 5.32 Å². The highest BCUT2D eigenvalue weighted by molar-refractivity contribution is 7.99. The molecule has 0 unspecified atom stereocenters. The van der Waals surface area contributed by atoms with Crippen molar-refractivity contribution >= 4 is 45.7 Å². The van der Waals surface area contributed by atoms with Gasteiger partial charge in [0.25, 0.3) is 0 Å². The average Bonchev–Trinajstić information content (AvgIpc) is 3.41. The Balaban J connectivity index is 1.32. The minimum Gasteiger partial charge on any atom is -0.306 e. The molecule has 2 heterocycles. The molecule has 2 aromatic heterocycles. The van der Waals surface area contributed by atoms with Gasteiger partial charge in [-0.3, -0.25) is 10.1 Å². The maximum atomic E-state index is 12.4. The van der Waals surface area contributed by atoms with Gasteiger partial charge in [-0.1, -0.05) is 66.1 Å². The van der Waals surface area contributed by atoms with Crippen LogP contribution in [-0.4, -0.2) is 36.6 Å². The molecule has 1 amide bonds. The number of rotatable bonds is 8. The first kappa shape index (κ1) is 22.2. The van der Waals surface area contributed by atoms with Crippen LogP contribution in [-0.2, 0) is 17.8 Å². The first-order valence-electron chi connectivity index (χ1n) is 10.5. The molecule has 1 aliphatic carbocycles. The number of hydrogen-bond donors (Lipinski definition) is 1. The number of anilines is 1. The monoisotopic (exact) mass is 476 g/mol. The number of halogens is 1. The minimum absolute atomic E-state index is 0.110. The Morgan fingerprint density at radius 3 is 2.68 bits per heavy atom. The third-order valence-corrected chi connectivity index (χ3v) is 7.58. The van der Waals surface area contributed by atoms with Crippen molar-refractivity contribution in [3.05, 3.63) is 45.7 Å². The number of aromatic nitrogens is 5. The average molecular weight is 477 g/mol. The van der Waals surface area contributed by atoms with Crippen LogP contribution in [0.1, 0.15) is 61.3 Å². The van der Waals surface area contributed by atoms with Crippen molar-refractivity contribution < 1.29 is 4.79 Å². The predicted molar refractivity (Wildman–Crippen MR) is 125 cm³/mol. The molecular formula is C21H25ClN6OS2. The summed E-state index contributed by atoms with van der Waals surface area (Å²) in [6.07, 6.45) is 6.81. The Kier molecular flexibility index (Phi) is 7.58. The first-order valence-corrected chi connectivity index (χ1v) is 12.7. The standard InChI is InChI=1S/C21H25ClN6OS2/c1-2-28-17(12-14-8-10-16(22)11-9-14)24-27-21(28)30-13-18(29)23-20-26-25-19(31-20)15-6-4-3-5-7-15/h8-11,15H,2-7,12-13H2,1H3,(H,23,26,29). The highest BCUT2D eigenvalue weighted by Gasteiger charge is 2.20. The number of carbonyl (C=O) groups is 1. The van der Waals surface area contributed by atoms with Crippen LogP contribution in [0.2, 0.25) is 5.02 Å². The summed E-state index contributed by atoms with van der Waals surface area (Å²) in [5.41, 5.74) is 1.12. The maximum absolute atomic E-state index is 12.4. The molecule has 1 saturated carbocycles. The Bertz CT molecular complexity index is 1010. The van der Waals surface area contributed by atoms with E-state index < -0.39 is 0 Å². The van der Waals surface area contributed by atoms with E-state index in [1.165, 1.54) is 55.2 Å².